The van der Waals surface area contributed by atoms with Gasteiger partial charge in [-0.25, -0.2) is 4.39 Å². The van der Waals surface area contributed by atoms with Gasteiger partial charge in [0.05, 0.1) is 0 Å². The SMILES string of the molecule is Fc1ccc(NC2CCNC2)c(I)c1. The van der Waals surface area contributed by atoms with E-state index in [9.17, 15) is 4.39 Å². The van der Waals surface area contributed by atoms with Crippen molar-refractivity contribution in [3.05, 3.63) is 27.6 Å². The van der Waals surface area contributed by atoms with Crippen molar-refractivity contribution in [1.29, 1.82) is 0 Å². The normalized spacial score (nSPS) is 21.1. The van der Waals surface area contributed by atoms with Crippen molar-refractivity contribution in [2.45, 2.75) is 12.5 Å². The van der Waals surface area contributed by atoms with Gasteiger partial charge in [-0.05, 0) is 53.8 Å². The topological polar surface area (TPSA) is 24.1 Å². The maximum absolute atomic E-state index is 12.8. The number of benzene rings is 1. The van der Waals surface area contributed by atoms with Gasteiger partial charge in [-0.15, -0.1) is 0 Å². The summed E-state index contributed by atoms with van der Waals surface area (Å²) in [4.78, 5) is 0. The van der Waals surface area contributed by atoms with E-state index in [4.69, 9.17) is 0 Å². The highest BCUT2D eigenvalue weighted by Gasteiger charge is 2.14. The van der Waals surface area contributed by atoms with Gasteiger partial charge in [0.25, 0.3) is 0 Å². The van der Waals surface area contributed by atoms with Crippen LogP contribution in [0.2, 0.25) is 0 Å². The number of rotatable bonds is 2. The third-order valence-corrected chi connectivity index (χ3v) is 3.24. The molecule has 76 valence electrons. The number of hydrogen-bond acceptors (Lipinski definition) is 2. The van der Waals surface area contributed by atoms with Gasteiger partial charge >= 0.3 is 0 Å². The minimum atomic E-state index is -0.176. The Morgan fingerprint density at radius 1 is 1.50 bits per heavy atom. The molecule has 1 aromatic rings. The van der Waals surface area contributed by atoms with Crippen molar-refractivity contribution >= 4 is 28.3 Å². The summed E-state index contributed by atoms with van der Waals surface area (Å²) in [5.74, 6) is -0.176. The van der Waals surface area contributed by atoms with E-state index in [0.717, 1.165) is 28.8 Å². The van der Waals surface area contributed by atoms with E-state index in [-0.39, 0.29) is 5.82 Å². The fraction of sp³-hybridized carbons (Fsp3) is 0.400. The second kappa shape index (κ2) is 4.44. The Hall–Kier alpha value is -0.360. The molecule has 1 unspecified atom stereocenters. The largest absolute Gasteiger partial charge is 0.380 e. The lowest BCUT2D eigenvalue weighted by atomic mass is 10.2. The van der Waals surface area contributed by atoms with Crippen LogP contribution in [0.1, 0.15) is 6.42 Å². The molecule has 0 aliphatic carbocycles. The second-order valence-electron chi connectivity index (χ2n) is 3.46. The maximum atomic E-state index is 12.8. The molecule has 4 heteroatoms. The van der Waals surface area contributed by atoms with Gasteiger partial charge in [-0.2, -0.15) is 0 Å². The first-order chi connectivity index (χ1) is 6.75. The van der Waals surface area contributed by atoms with Crippen LogP contribution in [0.25, 0.3) is 0 Å². The minimum absolute atomic E-state index is 0.176. The molecule has 0 bridgehead atoms. The van der Waals surface area contributed by atoms with Crippen molar-refractivity contribution < 1.29 is 4.39 Å². The number of hydrogen-bond donors (Lipinski definition) is 2. The predicted molar refractivity (Wildman–Crippen MR) is 64.0 cm³/mol. The van der Waals surface area contributed by atoms with Gasteiger partial charge in [0, 0.05) is 21.8 Å². The molecule has 1 fully saturated rings. The number of anilines is 1. The van der Waals surface area contributed by atoms with E-state index in [1.165, 1.54) is 6.07 Å². The van der Waals surface area contributed by atoms with E-state index in [2.05, 4.69) is 33.2 Å². The molecular formula is C10H12FIN2. The molecule has 0 saturated carbocycles. The highest BCUT2D eigenvalue weighted by molar-refractivity contribution is 14.1. The summed E-state index contributed by atoms with van der Waals surface area (Å²) in [5.41, 5.74) is 1.03. The number of halogens is 2. The molecule has 1 atom stereocenters. The third kappa shape index (κ3) is 2.36. The van der Waals surface area contributed by atoms with Crippen LogP contribution in [-0.4, -0.2) is 19.1 Å². The first-order valence-corrected chi connectivity index (χ1v) is 5.76. The molecule has 1 aliphatic heterocycles. The van der Waals surface area contributed by atoms with Crippen LogP contribution >= 0.6 is 22.6 Å². The molecule has 2 nitrogen and oxygen atoms in total. The molecule has 0 radical (unpaired) electrons. The van der Waals surface area contributed by atoms with Crippen molar-refractivity contribution in [2.75, 3.05) is 18.4 Å². The fourth-order valence-corrected chi connectivity index (χ4v) is 2.24. The van der Waals surface area contributed by atoms with Gasteiger partial charge in [0.2, 0.25) is 0 Å². The molecule has 2 N–H and O–H groups in total. The highest BCUT2D eigenvalue weighted by Crippen LogP contribution is 2.20. The Kier molecular flexibility index (Phi) is 3.22. The quantitative estimate of drug-likeness (QED) is 0.819. The van der Waals surface area contributed by atoms with Crippen molar-refractivity contribution in [2.24, 2.45) is 0 Å². The number of nitrogens with one attached hydrogen (secondary N) is 2. The first-order valence-electron chi connectivity index (χ1n) is 4.68. The zero-order valence-corrected chi connectivity index (χ0v) is 9.84. The zero-order valence-electron chi connectivity index (χ0n) is 7.69. The van der Waals surface area contributed by atoms with E-state index in [1.807, 2.05) is 0 Å². The van der Waals surface area contributed by atoms with Crippen LogP contribution < -0.4 is 10.6 Å². The van der Waals surface area contributed by atoms with Crippen LogP contribution in [0, 0.1) is 9.39 Å². The smallest absolute Gasteiger partial charge is 0.124 e. The lowest BCUT2D eigenvalue weighted by Crippen LogP contribution is -2.22. The molecule has 1 saturated heterocycles. The van der Waals surface area contributed by atoms with Gasteiger partial charge < -0.3 is 10.6 Å². The summed E-state index contributed by atoms with van der Waals surface area (Å²) < 4.78 is 13.8. The summed E-state index contributed by atoms with van der Waals surface area (Å²) in [6.07, 6.45) is 1.13. The van der Waals surface area contributed by atoms with E-state index in [0.29, 0.717) is 6.04 Å². The molecular weight excluding hydrogens is 294 g/mol. The Morgan fingerprint density at radius 2 is 2.36 bits per heavy atom. The van der Waals surface area contributed by atoms with Gasteiger partial charge in [-0.3, -0.25) is 0 Å². The first kappa shape index (κ1) is 10.2. The van der Waals surface area contributed by atoms with Crippen LogP contribution in [0.4, 0.5) is 10.1 Å². The Bertz CT molecular complexity index is 324. The fourth-order valence-electron chi connectivity index (χ4n) is 1.60. The molecule has 0 aromatic heterocycles. The van der Waals surface area contributed by atoms with Crippen molar-refractivity contribution in [3.8, 4) is 0 Å². The van der Waals surface area contributed by atoms with Crippen LogP contribution in [0.3, 0.4) is 0 Å². The Morgan fingerprint density at radius 3 is 3.00 bits per heavy atom. The highest BCUT2D eigenvalue weighted by atomic mass is 127. The summed E-state index contributed by atoms with van der Waals surface area (Å²) in [7, 11) is 0. The standard InChI is InChI=1S/C10H12FIN2/c11-7-1-2-10(9(12)5-7)14-8-3-4-13-6-8/h1-2,5,8,13-14H,3-4,6H2. The minimum Gasteiger partial charge on any atom is -0.380 e. The van der Waals surface area contributed by atoms with E-state index in [1.54, 1.807) is 12.1 Å². The van der Waals surface area contributed by atoms with Crippen LogP contribution in [0.15, 0.2) is 18.2 Å². The van der Waals surface area contributed by atoms with Gasteiger partial charge in [-0.1, -0.05) is 0 Å². The Balaban J connectivity index is 2.08. The van der Waals surface area contributed by atoms with Crippen molar-refractivity contribution in [3.63, 3.8) is 0 Å². The molecule has 0 amide bonds. The van der Waals surface area contributed by atoms with Crippen molar-refractivity contribution in [1.82, 2.24) is 5.32 Å². The van der Waals surface area contributed by atoms with Gasteiger partial charge in [0.1, 0.15) is 5.82 Å². The molecule has 2 rings (SSSR count). The summed E-state index contributed by atoms with van der Waals surface area (Å²) in [5, 5.41) is 6.68. The monoisotopic (exact) mass is 306 g/mol. The third-order valence-electron chi connectivity index (χ3n) is 2.35. The molecule has 1 heterocycles. The summed E-state index contributed by atoms with van der Waals surface area (Å²) >= 11 is 2.15. The zero-order chi connectivity index (χ0) is 9.97. The molecule has 1 aliphatic rings. The van der Waals surface area contributed by atoms with Gasteiger partial charge in [0.15, 0.2) is 0 Å². The summed E-state index contributed by atoms with van der Waals surface area (Å²) in [6.45, 7) is 2.06. The molecule has 14 heavy (non-hydrogen) atoms. The predicted octanol–water partition coefficient (Wildman–Crippen LogP) is 2.20. The molecule has 1 aromatic carbocycles. The Labute approximate surface area is 96.4 Å². The maximum Gasteiger partial charge on any atom is 0.124 e. The molecule has 0 spiro atoms. The average molecular weight is 306 g/mol. The van der Waals surface area contributed by atoms with Crippen LogP contribution in [0.5, 0.6) is 0 Å². The van der Waals surface area contributed by atoms with E-state index >= 15 is 0 Å². The van der Waals surface area contributed by atoms with Crippen LogP contribution in [-0.2, 0) is 0 Å². The van der Waals surface area contributed by atoms with E-state index < -0.39 is 0 Å². The second-order valence-corrected chi connectivity index (χ2v) is 4.62. The average Bonchev–Trinajstić information content (AvgIpc) is 2.62. The lowest BCUT2D eigenvalue weighted by molar-refractivity contribution is 0.627. The lowest BCUT2D eigenvalue weighted by Gasteiger charge is -2.14. The summed E-state index contributed by atoms with van der Waals surface area (Å²) in [6, 6.07) is 5.32.